The van der Waals surface area contributed by atoms with Crippen molar-refractivity contribution in [2.24, 2.45) is 0 Å². The van der Waals surface area contributed by atoms with Crippen molar-refractivity contribution in [3.8, 4) is 0 Å². The number of rotatable bonds is 10. The van der Waals surface area contributed by atoms with Crippen LogP contribution in [-0.2, 0) is 20.1 Å². The van der Waals surface area contributed by atoms with Crippen molar-refractivity contribution in [1.82, 2.24) is 4.72 Å². The van der Waals surface area contributed by atoms with Crippen LogP contribution in [-0.4, -0.2) is 88.0 Å². The molecule has 1 atom stereocenters. The molecular weight excluding hydrogens is 403 g/mol. The highest BCUT2D eigenvalue weighted by Crippen LogP contribution is 2.39. The molecule has 0 spiro atoms. The predicted molar refractivity (Wildman–Crippen MR) is 75.0 cm³/mol. The van der Waals surface area contributed by atoms with E-state index in [-0.39, 0.29) is 24.0 Å². The molecule has 0 bridgehead atoms. The predicted octanol–water partition coefficient (Wildman–Crippen LogP) is -0.566. The van der Waals surface area contributed by atoms with E-state index in [9.17, 15) is 48.4 Å². The van der Waals surface area contributed by atoms with Crippen LogP contribution in [0.25, 0.3) is 0 Å². The van der Waals surface area contributed by atoms with Gasteiger partial charge in [0.2, 0.25) is 0 Å². The molecule has 2 N–H and O–H groups in total. The smallest absolute Gasteiger partial charge is 0.470 e. The summed E-state index contributed by atoms with van der Waals surface area (Å²) in [4.78, 5) is 0. The van der Waals surface area contributed by atoms with E-state index in [0.717, 1.165) is 4.72 Å². The lowest BCUT2D eigenvalue weighted by Crippen LogP contribution is -2.51. The number of hydrogen-bond donors (Lipinski definition) is 2. The zero-order valence-corrected chi connectivity index (χ0v) is 14.9. The van der Waals surface area contributed by atoms with E-state index in [1.54, 1.807) is 0 Å². The van der Waals surface area contributed by atoms with Crippen molar-refractivity contribution < 1.29 is 52.9 Å². The fourth-order valence-electron chi connectivity index (χ4n) is 1.91. The molecule has 0 rings (SSSR count). The first kappa shape index (κ1) is 24.4. The van der Waals surface area contributed by atoms with Crippen LogP contribution in [0.4, 0.5) is 22.0 Å². The Hall–Kier alpha value is -0.610. The minimum absolute atomic E-state index is 0.00389. The van der Waals surface area contributed by atoms with Gasteiger partial charge in [-0.15, -0.1) is 0 Å². The highest BCUT2D eigenvalue weighted by molar-refractivity contribution is 7.90. The van der Waals surface area contributed by atoms with Gasteiger partial charge in [-0.3, -0.25) is 0 Å². The van der Waals surface area contributed by atoms with Gasteiger partial charge in [-0.05, 0) is 0 Å². The van der Waals surface area contributed by atoms with Crippen LogP contribution >= 0.6 is 0 Å². The Morgan fingerprint density at radius 3 is 2.00 bits per heavy atom. The molecule has 8 nitrogen and oxygen atoms in total. The van der Waals surface area contributed by atoms with Crippen LogP contribution in [0, 0.1) is 0 Å². The SMILES string of the molecule is C[N+](C)(CCCNS(=O)(=O)C(F)(F)C(F)(F)F)CC(O)CS(=O)(=O)[O-]. The van der Waals surface area contributed by atoms with E-state index in [4.69, 9.17) is 0 Å². The maximum atomic E-state index is 12.8. The van der Waals surface area contributed by atoms with Gasteiger partial charge in [0, 0.05) is 13.0 Å². The lowest BCUT2D eigenvalue weighted by Gasteiger charge is -2.32. The summed E-state index contributed by atoms with van der Waals surface area (Å²) < 4.78 is 116. The Labute approximate surface area is 142 Å². The maximum absolute atomic E-state index is 12.8. The van der Waals surface area contributed by atoms with E-state index in [2.05, 4.69) is 0 Å². The van der Waals surface area contributed by atoms with Gasteiger partial charge in [0.1, 0.15) is 12.6 Å². The van der Waals surface area contributed by atoms with Gasteiger partial charge in [0.15, 0.2) is 0 Å². The molecule has 0 aliphatic carbocycles. The summed E-state index contributed by atoms with van der Waals surface area (Å²) in [5, 5.41) is 3.53. The number of hydrogen-bond acceptors (Lipinski definition) is 6. The number of alkyl halides is 5. The number of nitrogens with zero attached hydrogens (tertiary/aromatic N) is 1. The van der Waals surface area contributed by atoms with Gasteiger partial charge in [-0.1, -0.05) is 0 Å². The molecule has 0 heterocycles. The summed E-state index contributed by atoms with van der Waals surface area (Å²) in [5.41, 5.74) is 0. The maximum Gasteiger partial charge on any atom is 0.470 e. The molecule has 0 aromatic rings. The van der Waals surface area contributed by atoms with Gasteiger partial charge in [-0.2, -0.15) is 22.0 Å². The van der Waals surface area contributed by atoms with E-state index < -0.39 is 50.0 Å². The van der Waals surface area contributed by atoms with Crippen LogP contribution in [0.1, 0.15) is 6.42 Å². The third-order valence-electron chi connectivity index (χ3n) is 3.00. The second kappa shape index (κ2) is 7.96. The quantitative estimate of drug-likeness (QED) is 0.210. The molecule has 0 aliphatic rings. The third-order valence-corrected chi connectivity index (χ3v) is 5.28. The van der Waals surface area contributed by atoms with Crippen molar-refractivity contribution in [3.05, 3.63) is 0 Å². The Morgan fingerprint density at radius 2 is 1.60 bits per heavy atom. The van der Waals surface area contributed by atoms with Gasteiger partial charge in [0.05, 0.1) is 36.5 Å². The highest BCUT2D eigenvalue weighted by atomic mass is 32.2. The second-order valence-corrected chi connectivity index (χ2v) is 9.24. The summed E-state index contributed by atoms with van der Waals surface area (Å²) >= 11 is 0. The van der Waals surface area contributed by atoms with Crippen molar-refractivity contribution in [1.29, 1.82) is 0 Å². The monoisotopic (exact) mass is 422 g/mol. The van der Waals surface area contributed by atoms with E-state index in [1.165, 1.54) is 14.1 Å². The van der Waals surface area contributed by atoms with Gasteiger partial charge in [0.25, 0.3) is 10.0 Å². The average molecular weight is 422 g/mol. The number of quaternary nitrogens is 1. The van der Waals surface area contributed by atoms with Crippen molar-refractivity contribution in [2.75, 3.05) is 39.5 Å². The van der Waals surface area contributed by atoms with E-state index in [0.29, 0.717) is 0 Å². The minimum atomic E-state index is -6.26. The summed E-state index contributed by atoms with van der Waals surface area (Å²) in [6.07, 6.45) is -7.96. The lowest BCUT2D eigenvalue weighted by atomic mass is 10.3. The Morgan fingerprint density at radius 1 is 1.12 bits per heavy atom. The molecule has 25 heavy (non-hydrogen) atoms. The van der Waals surface area contributed by atoms with Crippen molar-refractivity contribution in [3.63, 3.8) is 0 Å². The number of halogens is 5. The molecule has 0 radical (unpaired) electrons. The minimum Gasteiger partial charge on any atom is -0.748 e. The molecule has 0 amide bonds. The Kier molecular flexibility index (Phi) is 7.76. The van der Waals surface area contributed by atoms with Crippen molar-refractivity contribution >= 4 is 20.1 Å². The number of aliphatic hydroxyl groups excluding tert-OH is 1. The van der Waals surface area contributed by atoms with Crippen LogP contribution in [0.3, 0.4) is 0 Å². The highest BCUT2D eigenvalue weighted by Gasteiger charge is 2.67. The molecule has 0 fully saturated rings. The molecule has 15 heteroatoms. The Bertz CT molecular complexity index is 647. The molecular formula is C10H19F5N2O6S2. The fourth-order valence-corrected chi connectivity index (χ4v) is 3.38. The normalized spacial score (nSPS) is 16.0. The molecule has 1 unspecified atom stereocenters. The van der Waals surface area contributed by atoms with Crippen LogP contribution in [0.2, 0.25) is 0 Å². The van der Waals surface area contributed by atoms with Crippen LogP contribution in [0.15, 0.2) is 0 Å². The third kappa shape index (κ3) is 8.08. The lowest BCUT2D eigenvalue weighted by molar-refractivity contribution is -0.893. The largest absolute Gasteiger partial charge is 0.748 e. The summed E-state index contributed by atoms with van der Waals surface area (Å²) in [7, 11) is -7.71. The molecule has 0 saturated heterocycles. The first-order chi connectivity index (χ1) is 10.8. The summed E-state index contributed by atoms with van der Waals surface area (Å²) in [5.74, 6) is -1.04. The standard InChI is InChI=1S/C10H19F5N2O6S2/c1-17(2,6-8(18)7-24(19,20)21)5-3-4-16-25(22,23)10(14,15)9(11,12)13/h8,16,18H,3-7H2,1-2H3. The number of aliphatic hydroxyl groups is 1. The fraction of sp³-hybridized carbons (Fsp3) is 1.00. The second-order valence-electron chi connectivity index (χ2n) is 5.99. The van der Waals surface area contributed by atoms with Crippen LogP contribution in [0.5, 0.6) is 0 Å². The van der Waals surface area contributed by atoms with Gasteiger partial charge in [-0.25, -0.2) is 21.6 Å². The molecule has 152 valence electrons. The molecule has 0 aromatic carbocycles. The number of nitrogens with one attached hydrogen (secondary N) is 1. The topological polar surface area (TPSA) is 124 Å². The first-order valence-corrected chi connectivity index (χ1v) is 9.74. The van der Waals surface area contributed by atoms with Crippen molar-refractivity contribution in [2.45, 2.75) is 24.0 Å². The van der Waals surface area contributed by atoms with E-state index >= 15 is 0 Å². The molecule has 0 aromatic heterocycles. The van der Waals surface area contributed by atoms with E-state index in [1.807, 2.05) is 0 Å². The summed E-state index contributed by atoms with van der Waals surface area (Å²) in [6, 6.07) is 0. The van der Waals surface area contributed by atoms with Gasteiger partial charge >= 0.3 is 11.4 Å². The average Bonchev–Trinajstić information content (AvgIpc) is 2.29. The number of likely N-dealkylation sites (N-methyl/N-ethyl adjacent to an activating group) is 1. The van der Waals surface area contributed by atoms with Crippen LogP contribution < -0.4 is 4.72 Å². The number of sulfonamides is 1. The zero-order chi connectivity index (χ0) is 20.3. The molecule has 0 saturated carbocycles. The zero-order valence-electron chi connectivity index (χ0n) is 13.3. The summed E-state index contributed by atoms with van der Waals surface area (Å²) in [6.45, 7) is -0.964. The van der Waals surface area contributed by atoms with Gasteiger partial charge < -0.3 is 14.1 Å². The Balaban J connectivity index is 4.57. The molecule has 0 aliphatic heterocycles. The first-order valence-electron chi connectivity index (χ1n) is 6.68.